The summed E-state index contributed by atoms with van der Waals surface area (Å²) in [6.45, 7) is 5.75. The van der Waals surface area contributed by atoms with Gasteiger partial charge in [-0.2, -0.15) is 0 Å². The quantitative estimate of drug-likeness (QED) is 0.780. The van der Waals surface area contributed by atoms with Gasteiger partial charge in [0, 0.05) is 13.1 Å². The maximum absolute atomic E-state index is 5.34. The fraction of sp³-hybridized carbons (Fsp3) is 0.417. The van der Waals surface area contributed by atoms with Crippen LogP contribution in [0.2, 0.25) is 0 Å². The van der Waals surface area contributed by atoms with Gasteiger partial charge in [-0.05, 0) is 30.5 Å². The number of rotatable bonds is 2. The average Bonchev–Trinajstić information content (AvgIpc) is 2.74. The minimum atomic E-state index is 0.830. The lowest BCUT2D eigenvalue weighted by molar-refractivity contribution is 0.0773. The van der Waals surface area contributed by atoms with Crippen LogP contribution in [-0.4, -0.2) is 35.6 Å². The molecule has 0 N–H and O–H groups in total. The van der Waals surface area contributed by atoms with E-state index in [1.54, 1.807) is 23.3 Å². The zero-order chi connectivity index (χ0) is 11.7. The molecule has 1 aromatic carbocycles. The van der Waals surface area contributed by atoms with E-state index in [0.29, 0.717) is 0 Å². The maximum Gasteiger partial charge on any atom is 0.166 e. The molecule has 90 valence electrons. The fourth-order valence-electron chi connectivity index (χ4n) is 1.85. The predicted molar refractivity (Wildman–Crippen MR) is 72.6 cm³/mol. The average molecular weight is 266 g/mol. The summed E-state index contributed by atoms with van der Waals surface area (Å²) in [4.78, 5) is 4.71. The van der Waals surface area contributed by atoms with Crippen molar-refractivity contribution in [1.82, 2.24) is 9.29 Å². The van der Waals surface area contributed by atoms with Gasteiger partial charge in [0.05, 0.1) is 23.4 Å². The Morgan fingerprint density at radius 3 is 2.94 bits per heavy atom. The fourth-order valence-corrected chi connectivity index (χ4v) is 4.05. The SMILES string of the molecule is Cc1cccc2sc(SN3CCOCC3)nc12. The normalized spacial score (nSPS) is 17.7. The van der Waals surface area contributed by atoms with Crippen LogP contribution in [0.1, 0.15) is 5.56 Å². The van der Waals surface area contributed by atoms with Crippen molar-refractivity contribution in [2.24, 2.45) is 0 Å². The van der Waals surface area contributed by atoms with Crippen LogP contribution in [0, 0.1) is 6.92 Å². The van der Waals surface area contributed by atoms with E-state index in [1.807, 2.05) is 0 Å². The van der Waals surface area contributed by atoms with Gasteiger partial charge in [-0.15, -0.1) is 11.3 Å². The van der Waals surface area contributed by atoms with Gasteiger partial charge in [-0.3, -0.25) is 0 Å². The molecule has 0 amide bonds. The Morgan fingerprint density at radius 1 is 1.35 bits per heavy atom. The summed E-state index contributed by atoms with van der Waals surface area (Å²) in [6, 6.07) is 6.35. The summed E-state index contributed by atoms with van der Waals surface area (Å²) >= 11 is 3.53. The Hall–Kier alpha value is -0.620. The number of hydrogen-bond donors (Lipinski definition) is 0. The molecule has 0 spiro atoms. The third kappa shape index (κ3) is 2.47. The van der Waals surface area contributed by atoms with E-state index in [0.717, 1.165) is 36.2 Å². The van der Waals surface area contributed by atoms with Crippen molar-refractivity contribution in [3.63, 3.8) is 0 Å². The molecule has 5 heteroatoms. The molecule has 2 aromatic rings. The molecule has 1 fully saturated rings. The summed E-state index contributed by atoms with van der Waals surface area (Å²) in [5.74, 6) is 0. The molecule has 0 aliphatic carbocycles. The first-order chi connectivity index (χ1) is 8.33. The van der Waals surface area contributed by atoms with Gasteiger partial charge in [0.1, 0.15) is 0 Å². The number of aryl methyl sites for hydroxylation is 1. The number of aromatic nitrogens is 1. The second-order valence-electron chi connectivity index (χ2n) is 4.03. The Bertz CT molecular complexity index is 520. The summed E-state index contributed by atoms with van der Waals surface area (Å²) < 4.78 is 10.1. The van der Waals surface area contributed by atoms with Crippen molar-refractivity contribution in [3.8, 4) is 0 Å². The molecule has 2 heterocycles. The number of ether oxygens (including phenoxy) is 1. The first kappa shape index (κ1) is 11.5. The Labute approximate surface area is 109 Å². The second kappa shape index (κ2) is 4.94. The molecule has 1 saturated heterocycles. The molecule has 3 nitrogen and oxygen atoms in total. The molecular formula is C12H14N2OS2. The van der Waals surface area contributed by atoms with Crippen molar-refractivity contribution in [3.05, 3.63) is 23.8 Å². The smallest absolute Gasteiger partial charge is 0.166 e. The highest BCUT2D eigenvalue weighted by atomic mass is 32.2. The molecule has 0 unspecified atom stereocenters. The van der Waals surface area contributed by atoms with E-state index in [1.165, 1.54) is 10.3 Å². The number of nitrogens with zero attached hydrogens (tertiary/aromatic N) is 2. The van der Waals surface area contributed by atoms with Gasteiger partial charge >= 0.3 is 0 Å². The lowest BCUT2D eigenvalue weighted by atomic mass is 10.2. The number of morpholine rings is 1. The molecule has 17 heavy (non-hydrogen) atoms. The summed E-state index contributed by atoms with van der Waals surface area (Å²) in [6.07, 6.45) is 0. The number of benzene rings is 1. The third-order valence-electron chi connectivity index (χ3n) is 2.78. The van der Waals surface area contributed by atoms with E-state index in [-0.39, 0.29) is 0 Å². The highest BCUT2D eigenvalue weighted by Gasteiger charge is 2.14. The van der Waals surface area contributed by atoms with Gasteiger partial charge in [0.15, 0.2) is 4.34 Å². The molecule has 0 atom stereocenters. The van der Waals surface area contributed by atoms with Crippen LogP contribution in [0.15, 0.2) is 22.5 Å². The molecule has 1 aromatic heterocycles. The second-order valence-corrected chi connectivity index (χ2v) is 6.41. The van der Waals surface area contributed by atoms with Gasteiger partial charge in [-0.25, -0.2) is 9.29 Å². The Balaban J connectivity index is 1.83. The van der Waals surface area contributed by atoms with Crippen LogP contribution in [0.3, 0.4) is 0 Å². The van der Waals surface area contributed by atoms with Crippen molar-refractivity contribution >= 4 is 33.5 Å². The monoisotopic (exact) mass is 266 g/mol. The van der Waals surface area contributed by atoms with Crippen LogP contribution < -0.4 is 0 Å². The lowest BCUT2D eigenvalue weighted by Gasteiger charge is -2.23. The standard InChI is InChI=1S/C12H14N2OS2/c1-9-3-2-4-10-11(9)13-12(16-10)17-14-5-7-15-8-6-14/h2-4H,5-8H2,1H3. The van der Waals surface area contributed by atoms with Gasteiger partial charge < -0.3 is 4.74 Å². The molecule has 1 aliphatic rings. The van der Waals surface area contributed by atoms with E-state index >= 15 is 0 Å². The molecule has 3 rings (SSSR count). The third-order valence-corrected chi connectivity index (χ3v) is 4.94. The van der Waals surface area contributed by atoms with Crippen LogP contribution in [-0.2, 0) is 4.74 Å². The molecule has 0 saturated carbocycles. The molecule has 0 bridgehead atoms. The number of thiazole rings is 1. The van der Waals surface area contributed by atoms with Crippen LogP contribution in [0.4, 0.5) is 0 Å². The Morgan fingerprint density at radius 2 is 2.18 bits per heavy atom. The van der Waals surface area contributed by atoms with Crippen LogP contribution in [0.5, 0.6) is 0 Å². The zero-order valence-electron chi connectivity index (χ0n) is 9.68. The molecule has 1 aliphatic heterocycles. The minimum absolute atomic E-state index is 0.830. The Kier molecular flexibility index (Phi) is 3.33. The minimum Gasteiger partial charge on any atom is -0.379 e. The number of para-hydroxylation sites is 1. The largest absolute Gasteiger partial charge is 0.379 e. The molecule has 0 radical (unpaired) electrons. The van der Waals surface area contributed by atoms with Crippen molar-refractivity contribution in [1.29, 1.82) is 0 Å². The van der Waals surface area contributed by atoms with E-state index in [4.69, 9.17) is 9.72 Å². The van der Waals surface area contributed by atoms with Crippen molar-refractivity contribution < 1.29 is 4.74 Å². The zero-order valence-corrected chi connectivity index (χ0v) is 11.3. The van der Waals surface area contributed by atoms with E-state index < -0.39 is 0 Å². The van der Waals surface area contributed by atoms with Crippen LogP contribution >= 0.6 is 23.3 Å². The maximum atomic E-state index is 5.34. The topological polar surface area (TPSA) is 25.4 Å². The number of hydrogen-bond acceptors (Lipinski definition) is 5. The first-order valence-corrected chi connectivity index (χ1v) is 7.29. The summed E-state index contributed by atoms with van der Waals surface area (Å²) in [5, 5.41) is 0. The van der Waals surface area contributed by atoms with E-state index in [9.17, 15) is 0 Å². The molecular weight excluding hydrogens is 252 g/mol. The van der Waals surface area contributed by atoms with Crippen molar-refractivity contribution in [2.75, 3.05) is 26.3 Å². The summed E-state index contributed by atoms with van der Waals surface area (Å²) in [7, 11) is 0. The predicted octanol–water partition coefficient (Wildman–Crippen LogP) is 2.94. The highest BCUT2D eigenvalue weighted by Crippen LogP contribution is 2.32. The number of fused-ring (bicyclic) bond motifs is 1. The van der Waals surface area contributed by atoms with Gasteiger partial charge in [-0.1, -0.05) is 12.1 Å². The van der Waals surface area contributed by atoms with E-state index in [2.05, 4.69) is 29.4 Å². The highest BCUT2D eigenvalue weighted by molar-refractivity contribution is 7.98. The van der Waals surface area contributed by atoms with Gasteiger partial charge in [0.25, 0.3) is 0 Å². The lowest BCUT2D eigenvalue weighted by Crippen LogP contribution is -2.30. The summed E-state index contributed by atoms with van der Waals surface area (Å²) in [5.41, 5.74) is 2.40. The van der Waals surface area contributed by atoms with Crippen molar-refractivity contribution in [2.45, 2.75) is 11.3 Å². The first-order valence-electron chi connectivity index (χ1n) is 5.70. The van der Waals surface area contributed by atoms with Gasteiger partial charge in [0.2, 0.25) is 0 Å². The van der Waals surface area contributed by atoms with Crippen LogP contribution in [0.25, 0.3) is 10.2 Å².